The molecular formula is C19H23N3O3. The second kappa shape index (κ2) is 8.48. The van der Waals surface area contributed by atoms with Crippen LogP contribution in [0.5, 0.6) is 0 Å². The lowest BCUT2D eigenvalue weighted by Gasteiger charge is -2.19. The summed E-state index contributed by atoms with van der Waals surface area (Å²) in [5.74, 6) is -0.374. The maximum Gasteiger partial charge on any atom is 0.287 e. The monoisotopic (exact) mass is 341 g/mol. The molecule has 1 saturated heterocycles. The van der Waals surface area contributed by atoms with Crippen LogP contribution in [-0.4, -0.2) is 37.0 Å². The molecule has 6 heteroatoms. The molecule has 2 atom stereocenters. The Morgan fingerprint density at radius 2 is 2.04 bits per heavy atom. The smallest absolute Gasteiger partial charge is 0.287 e. The third-order valence-electron chi connectivity index (χ3n) is 4.33. The van der Waals surface area contributed by atoms with E-state index >= 15 is 0 Å². The number of hydrogen-bond donors (Lipinski definition) is 3. The van der Waals surface area contributed by atoms with E-state index in [1.165, 1.54) is 6.26 Å². The van der Waals surface area contributed by atoms with Gasteiger partial charge in [0.25, 0.3) is 5.91 Å². The molecule has 1 aliphatic heterocycles. The quantitative estimate of drug-likeness (QED) is 0.712. The minimum atomic E-state index is -0.651. The zero-order valence-electron chi connectivity index (χ0n) is 14.0. The number of carbonyl (C=O) groups excluding carboxylic acids is 2. The first-order valence-corrected chi connectivity index (χ1v) is 8.62. The highest BCUT2D eigenvalue weighted by Gasteiger charge is 2.24. The van der Waals surface area contributed by atoms with Crippen molar-refractivity contribution in [3.63, 3.8) is 0 Å². The molecule has 25 heavy (non-hydrogen) atoms. The molecule has 3 rings (SSSR count). The number of furan rings is 1. The molecule has 3 N–H and O–H groups in total. The maximum atomic E-state index is 12.6. The highest BCUT2D eigenvalue weighted by atomic mass is 16.3. The van der Waals surface area contributed by atoms with Crippen LogP contribution in [-0.2, 0) is 11.2 Å². The van der Waals surface area contributed by atoms with Crippen LogP contribution < -0.4 is 16.0 Å². The lowest BCUT2D eigenvalue weighted by atomic mass is 10.0. The summed E-state index contributed by atoms with van der Waals surface area (Å²) < 4.78 is 5.11. The standard InChI is InChI=1S/C19H23N3O3/c23-18(21-13-15-8-4-10-20-15)16(12-14-6-2-1-3-7-14)22-19(24)17-9-5-11-25-17/h1-3,5-7,9,11,15-16,20H,4,8,10,12-13H2,(H,21,23)(H,22,24). The van der Waals surface area contributed by atoms with Crippen molar-refractivity contribution in [1.82, 2.24) is 16.0 Å². The highest BCUT2D eigenvalue weighted by Crippen LogP contribution is 2.07. The van der Waals surface area contributed by atoms with Crippen LogP contribution in [0.1, 0.15) is 29.0 Å². The van der Waals surface area contributed by atoms with Gasteiger partial charge in [-0.1, -0.05) is 30.3 Å². The van der Waals surface area contributed by atoms with Gasteiger partial charge in [-0.05, 0) is 37.1 Å². The third-order valence-corrected chi connectivity index (χ3v) is 4.33. The van der Waals surface area contributed by atoms with Crippen molar-refractivity contribution in [2.24, 2.45) is 0 Å². The topological polar surface area (TPSA) is 83.4 Å². The molecule has 0 spiro atoms. The van der Waals surface area contributed by atoms with Crippen LogP contribution in [0, 0.1) is 0 Å². The minimum Gasteiger partial charge on any atom is -0.459 e. The number of carbonyl (C=O) groups is 2. The van der Waals surface area contributed by atoms with E-state index in [0.717, 1.165) is 24.9 Å². The molecular weight excluding hydrogens is 318 g/mol. The molecule has 2 unspecified atom stereocenters. The number of nitrogens with one attached hydrogen (secondary N) is 3. The fraction of sp³-hybridized carbons (Fsp3) is 0.368. The maximum absolute atomic E-state index is 12.6. The largest absolute Gasteiger partial charge is 0.459 e. The number of hydrogen-bond acceptors (Lipinski definition) is 4. The van der Waals surface area contributed by atoms with E-state index in [4.69, 9.17) is 4.42 Å². The van der Waals surface area contributed by atoms with Crippen molar-refractivity contribution in [3.8, 4) is 0 Å². The summed E-state index contributed by atoms with van der Waals surface area (Å²) >= 11 is 0. The highest BCUT2D eigenvalue weighted by molar-refractivity contribution is 5.95. The first-order chi connectivity index (χ1) is 12.2. The zero-order valence-corrected chi connectivity index (χ0v) is 14.0. The van der Waals surface area contributed by atoms with Crippen LogP contribution in [0.2, 0.25) is 0 Å². The van der Waals surface area contributed by atoms with E-state index in [9.17, 15) is 9.59 Å². The molecule has 0 radical (unpaired) electrons. The van der Waals surface area contributed by atoms with E-state index in [-0.39, 0.29) is 17.6 Å². The normalized spacial score (nSPS) is 17.8. The Kier molecular flexibility index (Phi) is 5.85. The van der Waals surface area contributed by atoms with Crippen molar-refractivity contribution in [3.05, 3.63) is 60.1 Å². The molecule has 1 aromatic heterocycles. The van der Waals surface area contributed by atoms with E-state index in [1.54, 1.807) is 12.1 Å². The van der Waals surface area contributed by atoms with Gasteiger partial charge < -0.3 is 20.4 Å². The molecule has 1 aliphatic rings. The molecule has 1 fully saturated rings. The van der Waals surface area contributed by atoms with Crippen molar-refractivity contribution in [2.45, 2.75) is 31.3 Å². The van der Waals surface area contributed by atoms with Gasteiger partial charge in [0, 0.05) is 19.0 Å². The zero-order chi connectivity index (χ0) is 17.5. The van der Waals surface area contributed by atoms with Crippen molar-refractivity contribution in [2.75, 3.05) is 13.1 Å². The Hall–Kier alpha value is -2.60. The molecule has 132 valence electrons. The Morgan fingerprint density at radius 3 is 2.72 bits per heavy atom. The van der Waals surface area contributed by atoms with Gasteiger partial charge in [0.15, 0.2) is 5.76 Å². The fourth-order valence-corrected chi connectivity index (χ4v) is 2.97. The predicted molar refractivity (Wildman–Crippen MR) is 94.1 cm³/mol. The SMILES string of the molecule is O=C(NC(Cc1ccccc1)C(=O)NCC1CCCN1)c1ccco1. The van der Waals surface area contributed by atoms with Crippen LogP contribution in [0.4, 0.5) is 0 Å². The van der Waals surface area contributed by atoms with Gasteiger partial charge in [0.1, 0.15) is 6.04 Å². The second-order valence-corrected chi connectivity index (χ2v) is 6.23. The van der Waals surface area contributed by atoms with Crippen molar-refractivity contribution >= 4 is 11.8 Å². The number of amides is 2. The van der Waals surface area contributed by atoms with Gasteiger partial charge in [-0.2, -0.15) is 0 Å². The number of rotatable bonds is 7. The first-order valence-electron chi connectivity index (χ1n) is 8.62. The van der Waals surface area contributed by atoms with E-state index < -0.39 is 6.04 Å². The van der Waals surface area contributed by atoms with Crippen LogP contribution >= 0.6 is 0 Å². The van der Waals surface area contributed by atoms with Gasteiger partial charge >= 0.3 is 0 Å². The van der Waals surface area contributed by atoms with Crippen LogP contribution in [0.15, 0.2) is 53.1 Å². The summed E-state index contributed by atoms with van der Waals surface area (Å²) in [5, 5.41) is 9.07. The summed E-state index contributed by atoms with van der Waals surface area (Å²) in [7, 11) is 0. The van der Waals surface area contributed by atoms with Gasteiger partial charge in [-0.15, -0.1) is 0 Å². The van der Waals surface area contributed by atoms with Crippen LogP contribution in [0.25, 0.3) is 0 Å². The molecule has 0 bridgehead atoms. The van der Waals surface area contributed by atoms with Gasteiger partial charge in [-0.3, -0.25) is 9.59 Å². The van der Waals surface area contributed by atoms with Gasteiger partial charge in [-0.25, -0.2) is 0 Å². The molecule has 2 heterocycles. The summed E-state index contributed by atoms with van der Waals surface area (Å²) in [6, 6.07) is 12.5. The Bertz CT molecular complexity index is 679. The first kappa shape index (κ1) is 17.2. The molecule has 2 aromatic rings. The molecule has 0 aliphatic carbocycles. The van der Waals surface area contributed by atoms with Gasteiger partial charge in [0.05, 0.1) is 6.26 Å². The lowest BCUT2D eigenvalue weighted by Crippen LogP contribution is -2.50. The Morgan fingerprint density at radius 1 is 1.20 bits per heavy atom. The summed E-state index contributed by atoms with van der Waals surface area (Å²) in [5.41, 5.74) is 0.987. The average molecular weight is 341 g/mol. The van der Waals surface area contributed by atoms with E-state index in [2.05, 4.69) is 16.0 Å². The third kappa shape index (κ3) is 4.93. The average Bonchev–Trinajstić information content (AvgIpc) is 3.33. The van der Waals surface area contributed by atoms with Crippen LogP contribution in [0.3, 0.4) is 0 Å². The summed E-state index contributed by atoms with van der Waals surface area (Å²) in [6.07, 6.45) is 4.05. The van der Waals surface area contributed by atoms with E-state index in [1.807, 2.05) is 30.3 Å². The Labute approximate surface area is 147 Å². The predicted octanol–water partition coefficient (Wildman–Crippen LogP) is 1.49. The fourth-order valence-electron chi connectivity index (χ4n) is 2.97. The summed E-state index contributed by atoms with van der Waals surface area (Å²) in [4.78, 5) is 24.9. The minimum absolute atomic E-state index is 0.183. The number of benzene rings is 1. The van der Waals surface area contributed by atoms with E-state index in [0.29, 0.717) is 19.0 Å². The second-order valence-electron chi connectivity index (χ2n) is 6.23. The molecule has 0 saturated carbocycles. The Balaban J connectivity index is 1.64. The summed E-state index contributed by atoms with van der Waals surface area (Å²) in [6.45, 7) is 1.56. The van der Waals surface area contributed by atoms with Crippen molar-refractivity contribution < 1.29 is 14.0 Å². The lowest BCUT2D eigenvalue weighted by molar-refractivity contribution is -0.123. The molecule has 2 amide bonds. The van der Waals surface area contributed by atoms with Crippen molar-refractivity contribution in [1.29, 1.82) is 0 Å². The molecule has 1 aromatic carbocycles. The van der Waals surface area contributed by atoms with Gasteiger partial charge in [0.2, 0.25) is 5.91 Å². The molecule has 6 nitrogen and oxygen atoms in total.